The molecule has 0 bridgehead atoms. The zero-order valence-corrected chi connectivity index (χ0v) is 9.49. The average molecular weight is 203 g/mol. The van der Waals surface area contributed by atoms with Gasteiger partial charge in [-0.2, -0.15) is 0 Å². The van der Waals surface area contributed by atoms with Crippen molar-refractivity contribution in [1.29, 1.82) is 0 Å². The van der Waals surface area contributed by atoms with Crippen molar-refractivity contribution in [2.75, 3.05) is 6.61 Å². The van der Waals surface area contributed by atoms with Crippen LogP contribution in [0.1, 0.15) is 19.4 Å². The summed E-state index contributed by atoms with van der Waals surface area (Å²) in [4.78, 5) is 0. The number of aromatic nitrogens is 1. The van der Waals surface area contributed by atoms with Crippen LogP contribution in [0.15, 0.2) is 30.5 Å². The van der Waals surface area contributed by atoms with Crippen LogP contribution in [-0.4, -0.2) is 16.3 Å². The first-order valence-corrected chi connectivity index (χ1v) is 5.21. The molecule has 2 heteroatoms. The minimum Gasteiger partial charge on any atom is -0.395 e. The van der Waals surface area contributed by atoms with Crippen molar-refractivity contribution in [2.45, 2.75) is 19.3 Å². The van der Waals surface area contributed by atoms with E-state index in [1.54, 1.807) is 0 Å². The Morgan fingerprint density at radius 2 is 2.00 bits per heavy atom. The van der Waals surface area contributed by atoms with Crippen molar-refractivity contribution in [3.63, 3.8) is 0 Å². The van der Waals surface area contributed by atoms with Gasteiger partial charge in [-0.1, -0.05) is 26.0 Å². The maximum absolute atomic E-state index is 9.33. The second kappa shape index (κ2) is 3.38. The lowest BCUT2D eigenvalue weighted by Gasteiger charge is -2.22. The fraction of sp³-hybridized carbons (Fsp3) is 0.385. The predicted octanol–water partition coefficient (Wildman–Crippen LogP) is 2.45. The van der Waals surface area contributed by atoms with Gasteiger partial charge in [0.2, 0.25) is 0 Å². The molecule has 0 aliphatic carbocycles. The Balaban J connectivity index is 2.59. The molecule has 80 valence electrons. The number of fused-ring (bicyclic) bond motifs is 1. The topological polar surface area (TPSA) is 25.2 Å². The van der Waals surface area contributed by atoms with Gasteiger partial charge in [0.25, 0.3) is 0 Å². The van der Waals surface area contributed by atoms with Gasteiger partial charge in [0, 0.05) is 24.2 Å². The molecule has 2 nitrogen and oxygen atoms in total. The summed E-state index contributed by atoms with van der Waals surface area (Å²) in [5.41, 5.74) is 2.23. The molecule has 0 aliphatic rings. The highest BCUT2D eigenvalue weighted by molar-refractivity contribution is 5.81. The molecule has 0 saturated carbocycles. The molecule has 2 rings (SSSR count). The number of nitrogens with zero attached hydrogens (tertiary/aromatic N) is 1. The fourth-order valence-electron chi connectivity index (χ4n) is 1.77. The number of hydrogen-bond acceptors (Lipinski definition) is 1. The Morgan fingerprint density at radius 1 is 1.27 bits per heavy atom. The van der Waals surface area contributed by atoms with Gasteiger partial charge in [0.15, 0.2) is 0 Å². The molecule has 0 atom stereocenters. The number of aliphatic hydroxyl groups excluding tert-OH is 1. The van der Waals surface area contributed by atoms with Crippen LogP contribution in [0, 0.1) is 0 Å². The molecule has 0 unspecified atom stereocenters. The van der Waals surface area contributed by atoms with E-state index in [4.69, 9.17) is 0 Å². The molecule has 15 heavy (non-hydrogen) atoms. The van der Waals surface area contributed by atoms with Crippen LogP contribution in [0.4, 0.5) is 0 Å². The molecular weight excluding hydrogens is 186 g/mol. The van der Waals surface area contributed by atoms with E-state index in [2.05, 4.69) is 48.9 Å². The summed E-state index contributed by atoms with van der Waals surface area (Å²) in [6, 6.07) is 8.47. The number of benzene rings is 1. The Labute approximate surface area is 90.2 Å². The predicted molar refractivity (Wildman–Crippen MR) is 63.0 cm³/mol. The molecule has 1 aromatic carbocycles. The highest BCUT2D eigenvalue weighted by Gasteiger charge is 2.19. The number of rotatable bonds is 2. The minimum atomic E-state index is -0.168. The third-order valence-corrected chi connectivity index (χ3v) is 3.06. The first-order valence-electron chi connectivity index (χ1n) is 5.21. The first kappa shape index (κ1) is 10.2. The zero-order chi connectivity index (χ0) is 11.1. The van der Waals surface area contributed by atoms with Crippen LogP contribution < -0.4 is 0 Å². The van der Waals surface area contributed by atoms with Crippen molar-refractivity contribution in [3.05, 3.63) is 36.0 Å². The van der Waals surface area contributed by atoms with Gasteiger partial charge in [-0.3, -0.25) is 0 Å². The van der Waals surface area contributed by atoms with Crippen LogP contribution in [0.25, 0.3) is 10.9 Å². The Bertz CT molecular complexity index is 482. The summed E-state index contributed by atoms with van der Waals surface area (Å²) in [5, 5.41) is 10.6. The smallest absolute Gasteiger partial charge is 0.0522 e. The van der Waals surface area contributed by atoms with Gasteiger partial charge < -0.3 is 9.67 Å². The normalized spacial score (nSPS) is 12.3. The third kappa shape index (κ3) is 1.65. The highest BCUT2D eigenvalue weighted by Crippen LogP contribution is 2.26. The Hall–Kier alpha value is -1.28. The largest absolute Gasteiger partial charge is 0.395 e. The van der Waals surface area contributed by atoms with E-state index in [1.807, 2.05) is 7.05 Å². The Morgan fingerprint density at radius 3 is 2.67 bits per heavy atom. The van der Waals surface area contributed by atoms with E-state index < -0.39 is 0 Å². The summed E-state index contributed by atoms with van der Waals surface area (Å²) in [6.45, 7) is 4.27. The molecule has 1 N–H and O–H groups in total. The van der Waals surface area contributed by atoms with Crippen molar-refractivity contribution in [1.82, 2.24) is 4.57 Å². The van der Waals surface area contributed by atoms with Crippen LogP contribution in [0.3, 0.4) is 0 Å². The molecule has 1 heterocycles. The number of aliphatic hydroxyl groups is 1. The average Bonchev–Trinajstić information content (AvgIpc) is 2.60. The highest BCUT2D eigenvalue weighted by atomic mass is 16.3. The molecule has 0 aliphatic heterocycles. The van der Waals surface area contributed by atoms with Gasteiger partial charge in [-0.25, -0.2) is 0 Å². The second-order valence-corrected chi connectivity index (χ2v) is 4.74. The van der Waals surface area contributed by atoms with Crippen LogP contribution in [0.2, 0.25) is 0 Å². The summed E-state index contributed by atoms with van der Waals surface area (Å²) in [5.74, 6) is 0. The standard InChI is InChI=1S/C13H17NO/c1-13(2,9-15)11-5-4-10-6-7-14(3)12(10)8-11/h4-8,15H,9H2,1-3H3. The van der Waals surface area contributed by atoms with Crippen LogP contribution >= 0.6 is 0 Å². The first-order chi connectivity index (χ1) is 7.04. The zero-order valence-electron chi connectivity index (χ0n) is 9.49. The molecule has 0 radical (unpaired) electrons. The van der Waals surface area contributed by atoms with Gasteiger partial charge >= 0.3 is 0 Å². The molecule has 2 aromatic rings. The summed E-state index contributed by atoms with van der Waals surface area (Å²) >= 11 is 0. The van der Waals surface area contributed by atoms with Gasteiger partial charge in [-0.05, 0) is 23.1 Å². The minimum absolute atomic E-state index is 0.168. The number of aryl methyl sites for hydroxylation is 1. The third-order valence-electron chi connectivity index (χ3n) is 3.06. The van der Waals surface area contributed by atoms with E-state index in [1.165, 1.54) is 16.5 Å². The molecule has 0 spiro atoms. The van der Waals surface area contributed by atoms with Gasteiger partial charge in [-0.15, -0.1) is 0 Å². The van der Waals surface area contributed by atoms with Crippen molar-refractivity contribution in [3.8, 4) is 0 Å². The lowest BCUT2D eigenvalue weighted by Crippen LogP contribution is -2.21. The van der Waals surface area contributed by atoms with E-state index >= 15 is 0 Å². The maximum atomic E-state index is 9.33. The van der Waals surface area contributed by atoms with Crippen molar-refractivity contribution in [2.24, 2.45) is 7.05 Å². The Kier molecular flexibility index (Phi) is 2.31. The lowest BCUT2D eigenvalue weighted by molar-refractivity contribution is 0.218. The molecule has 0 saturated heterocycles. The van der Waals surface area contributed by atoms with Crippen LogP contribution in [-0.2, 0) is 12.5 Å². The summed E-state index contributed by atoms with van der Waals surface area (Å²) in [7, 11) is 2.04. The SMILES string of the molecule is Cn1ccc2ccc(C(C)(C)CO)cc21. The maximum Gasteiger partial charge on any atom is 0.0522 e. The van der Waals surface area contributed by atoms with E-state index in [0.29, 0.717) is 0 Å². The fourth-order valence-corrected chi connectivity index (χ4v) is 1.77. The monoisotopic (exact) mass is 203 g/mol. The van der Waals surface area contributed by atoms with Crippen molar-refractivity contribution < 1.29 is 5.11 Å². The molecule has 0 fully saturated rings. The second-order valence-electron chi connectivity index (χ2n) is 4.74. The van der Waals surface area contributed by atoms with E-state index in [9.17, 15) is 5.11 Å². The van der Waals surface area contributed by atoms with Gasteiger partial charge in [0.1, 0.15) is 0 Å². The molecule has 0 amide bonds. The molecule has 1 aromatic heterocycles. The van der Waals surface area contributed by atoms with Crippen LogP contribution in [0.5, 0.6) is 0 Å². The van der Waals surface area contributed by atoms with E-state index in [-0.39, 0.29) is 12.0 Å². The summed E-state index contributed by atoms with van der Waals surface area (Å²) in [6.07, 6.45) is 2.06. The summed E-state index contributed by atoms with van der Waals surface area (Å²) < 4.78 is 2.10. The lowest BCUT2D eigenvalue weighted by atomic mass is 9.85. The van der Waals surface area contributed by atoms with Crippen molar-refractivity contribution >= 4 is 10.9 Å². The van der Waals surface area contributed by atoms with E-state index in [0.717, 1.165) is 0 Å². The van der Waals surface area contributed by atoms with Gasteiger partial charge in [0.05, 0.1) is 6.61 Å². The number of hydrogen-bond donors (Lipinski definition) is 1. The molecular formula is C13H17NO. The quantitative estimate of drug-likeness (QED) is 0.796.